The van der Waals surface area contributed by atoms with E-state index in [2.05, 4.69) is 20.8 Å². The van der Waals surface area contributed by atoms with Crippen LogP contribution in [0.1, 0.15) is 39.5 Å². The number of carbonyl (C=O) groups excluding carboxylic acids is 1. The molecule has 0 rings (SSSR count). The molecule has 0 aliphatic rings. The van der Waals surface area contributed by atoms with Gasteiger partial charge in [-0.2, -0.15) is 0 Å². The molecule has 14 heavy (non-hydrogen) atoms. The summed E-state index contributed by atoms with van der Waals surface area (Å²) in [5, 5.41) is 0. The molecule has 1 amide bonds. The number of rotatable bonds is 6. The molecular weight excluding hydrogens is 251 g/mol. The Morgan fingerprint density at radius 1 is 1.43 bits per heavy atom. The maximum absolute atomic E-state index is 11.4. The van der Waals surface area contributed by atoms with E-state index in [0.717, 1.165) is 19.3 Å². The summed E-state index contributed by atoms with van der Waals surface area (Å²) in [5.41, 5.74) is 0. The summed E-state index contributed by atoms with van der Waals surface area (Å²) in [6, 6.07) is 0.102. The predicted octanol–water partition coefficient (Wildman–Crippen LogP) is 2.45. The Morgan fingerprint density at radius 2 is 2.00 bits per heavy atom. The van der Waals surface area contributed by atoms with E-state index in [-0.39, 0.29) is 44.7 Å². The van der Waals surface area contributed by atoms with Crippen molar-refractivity contribution in [2.75, 3.05) is 6.54 Å². The quantitative estimate of drug-likeness (QED) is 0.680. The Bertz CT molecular complexity index is 150. The van der Waals surface area contributed by atoms with Crippen LogP contribution in [0.15, 0.2) is 0 Å². The van der Waals surface area contributed by atoms with Crippen LogP contribution in [0.4, 0.5) is 0 Å². The van der Waals surface area contributed by atoms with E-state index >= 15 is 0 Å². The first kappa shape index (κ1) is 17.0. The zero-order chi connectivity index (χ0) is 10.3. The van der Waals surface area contributed by atoms with E-state index < -0.39 is 0 Å². The van der Waals surface area contributed by atoms with Crippen LogP contribution in [0, 0.1) is 13.8 Å². The van der Waals surface area contributed by atoms with Crippen molar-refractivity contribution in [3.05, 3.63) is 13.8 Å². The maximum atomic E-state index is 11.4. The molecule has 0 aliphatic carbocycles. The van der Waals surface area contributed by atoms with E-state index in [0.29, 0.717) is 13.0 Å². The Balaban J connectivity index is 0. The van der Waals surface area contributed by atoms with Gasteiger partial charge in [0.2, 0.25) is 5.91 Å². The first-order chi connectivity index (χ1) is 6.17. The SMILES string of the molecule is [CH2-]CN(C(=O)CC)C([CH2-])CCCC.[Y]. The van der Waals surface area contributed by atoms with E-state index in [1.807, 2.05) is 6.92 Å². The van der Waals surface area contributed by atoms with Crippen LogP contribution >= 0.6 is 0 Å². The minimum atomic E-state index is 0. The molecule has 0 aromatic rings. The first-order valence-electron chi connectivity index (χ1n) is 5.09. The fraction of sp³-hybridized carbons (Fsp3) is 0.727. The topological polar surface area (TPSA) is 20.3 Å². The molecule has 0 N–H and O–H groups in total. The van der Waals surface area contributed by atoms with E-state index in [1.54, 1.807) is 4.90 Å². The van der Waals surface area contributed by atoms with Crippen molar-refractivity contribution < 1.29 is 37.5 Å². The second-order valence-electron chi connectivity index (χ2n) is 3.24. The third-order valence-electron chi connectivity index (χ3n) is 2.20. The molecule has 2 nitrogen and oxygen atoms in total. The number of hydrogen-bond acceptors (Lipinski definition) is 1. The van der Waals surface area contributed by atoms with Crippen LogP contribution in [0.5, 0.6) is 0 Å². The number of amides is 1. The summed E-state index contributed by atoms with van der Waals surface area (Å²) in [7, 11) is 0. The molecule has 0 aromatic heterocycles. The molecule has 81 valence electrons. The Morgan fingerprint density at radius 3 is 2.36 bits per heavy atom. The van der Waals surface area contributed by atoms with Crippen LogP contribution in [0.2, 0.25) is 0 Å². The third-order valence-corrected chi connectivity index (χ3v) is 2.20. The third kappa shape index (κ3) is 6.13. The van der Waals surface area contributed by atoms with Crippen LogP contribution in [0.25, 0.3) is 0 Å². The van der Waals surface area contributed by atoms with Gasteiger partial charge in [-0.05, 0) is 0 Å². The molecule has 0 aromatic carbocycles. The molecule has 1 radical (unpaired) electrons. The standard InChI is InChI=1S/C11H21NO.Y/c1-5-8-9-10(4)12(7-3)11(13)6-2;/h10H,3-9H2,1-2H3;/q-2;. The predicted molar refractivity (Wildman–Crippen MR) is 56.0 cm³/mol. The van der Waals surface area contributed by atoms with Gasteiger partial charge in [0.25, 0.3) is 0 Å². The van der Waals surface area contributed by atoms with Crippen molar-refractivity contribution in [1.29, 1.82) is 0 Å². The number of unbranched alkanes of at least 4 members (excludes halogenated alkanes) is 1. The summed E-state index contributed by atoms with van der Waals surface area (Å²) in [5.74, 6) is 0.158. The average molecular weight is 272 g/mol. The summed E-state index contributed by atoms with van der Waals surface area (Å²) in [4.78, 5) is 13.2. The van der Waals surface area contributed by atoms with Crippen LogP contribution in [0.3, 0.4) is 0 Å². The van der Waals surface area contributed by atoms with Gasteiger partial charge in [-0.3, -0.25) is 4.79 Å². The number of carbonyl (C=O) groups is 1. The van der Waals surface area contributed by atoms with Gasteiger partial charge in [-0.25, -0.2) is 0 Å². The van der Waals surface area contributed by atoms with Crippen molar-refractivity contribution in [2.45, 2.75) is 45.6 Å². The van der Waals surface area contributed by atoms with Gasteiger partial charge >= 0.3 is 0 Å². The molecule has 0 bridgehead atoms. The Hall–Kier alpha value is 0.574. The van der Waals surface area contributed by atoms with Gasteiger partial charge in [0.05, 0.1) is 0 Å². The maximum Gasteiger partial charge on any atom is 0.217 e. The Labute approximate surface area is 114 Å². The molecule has 1 unspecified atom stereocenters. The number of nitrogens with zero attached hydrogens (tertiary/aromatic N) is 1. The normalized spacial score (nSPS) is 11.7. The molecule has 0 fully saturated rings. The molecule has 0 heterocycles. The smallest absolute Gasteiger partial charge is 0.217 e. The summed E-state index contributed by atoms with van der Waals surface area (Å²) < 4.78 is 0. The second kappa shape index (κ2) is 10.1. The van der Waals surface area contributed by atoms with Gasteiger partial charge in [-0.1, -0.05) is 39.2 Å². The molecule has 0 aliphatic heterocycles. The van der Waals surface area contributed by atoms with Gasteiger partial charge in [0.15, 0.2) is 0 Å². The van der Waals surface area contributed by atoms with Gasteiger partial charge in [0, 0.05) is 39.1 Å². The van der Waals surface area contributed by atoms with Gasteiger partial charge in [0.1, 0.15) is 0 Å². The molecule has 0 spiro atoms. The zero-order valence-electron chi connectivity index (χ0n) is 9.46. The molecule has 3 heteroatoms. The number of hydrogen-bond donors (Lipinski definition) is 0. The van der Waals surface area contributed by atoms with Crippen molar-refractivity contribution in [1.82, 2.24) is 4.90 Å². The molecule has 0 saturated heterocycles. The van der Waals surface area contributed by atoms with Gasteiger partial charge < -0.3 is 18.7 Å². The summed E-state index contributed by atoms with van der Waals surface area (Å²) in [6.07, 6.45) is 3.81. The minimum absolute atomic E-state index is 0. The van der Waals surface area contributed by atoms with Crippen LogP contribution < -0.4 is 0 Å². The fourth-order valence-electron chi connectivity index (χ4n) is 1.31. The molecule has 0 saturated carbocycles. The zero-order valence-corrected chi connectivity index (χ0v) is 12.3. The fourth-order valence-corrected chi connectivity index (χ4v) is 1.31. The van der Waals surface area contributed by atoms with Crippen LogP contribution in [-0.4, -0.2) is 23.4 Å². The minimum Gasteiger partial charge on any atom is -0.400 e. The monoisotopic (exact) mass is 272 g/mol. The Kier molecular flexibility index (Phi) is 12.3. The van der Waals surface area contributed by atoms with E-state index in [9.17, 15) is 4.79 Å². The van der Waals surface area contributed by atoms with Crippen LogP contribution in [-0.2, 0) is 37.5 Å². The first-order valence-corrected chi connectivity index (χ1v) is 5.09. The van der Waals surface area contributed by atoms with Crippen molar-refractivity contribution in [2.24, 2.45) is 0 Å². The van der Waals surface area contributed by atoms with Crippen molar-refractivity contribution in [3.8, 4) is 0 Å². The van der Waals surface area contributed by atoms with Gasteiger partial charge in [-0.15, -0.1) is 6.54 Å². The van der Waals surface area contributed by atoms with Crippen molar-refractivity contribution >= 4 is 5.91 Å². The summed E-state index contributed by atoms with van der Waals surface area (Å²) >= 11 is 0. The summed E-state index contributed by atoms with van der Waals surface area (Å²) in [6.45, 7) is 12.3. The second-order valence-corrected chi connectivity index (χ2v) is 3.24. The van der Waals surface area contributed by atoms with Crippen molar-refractivity contribution in [3.63, 3.8) is 0 Å². The molecule has 1 atom stereocenters. The average Bonchev–Trinajstić information content (AvgIpc) is 2.15. The van der Waals surface area contributed by atoms with E-state index in [4.69, 9.17) is 0 Å². The van der Waals surface area contributed by atoms with E-state index in [1.165, 1.54) is 0 Å². The largest absolute Gasteiger partial charge is 0.400 e. The molecular formula is C11H21NOY-2.